The summed E-state index contributed by atoms with van der Waals surface area (Å²) in [7, 11) is 0. The number of phenolic OH excluding ortho intramolecular Hbond substituents is 1. The van der Waals surface area contributed by atoms with Gasteiger partial charge in [0.25, 0.3) is 0 Å². The first-order chi connectivity index (χ1) is 11.0. The van der Waals surface area contributed by atoms with Crippen LogP contribution in [0.3, 0.4) is 0 Å². The van der Waals surface area contributed by atoms with E-state index < -0.39 is 0 Å². The van der Waals surface area contributed by atoms with Crippen LogP contribution in [-0.4, -0.2) is 52.0 Å². The van der Waals surface area contributed by atoms with Crippen LogP contribution in [0.1, 0.15) is 18.3 Å². The molecule has 1 aromatic carbocycles. The molecular formula is C18H26N4O. The van der Waals surface area contributed by atoms with Gasteiger partial charge in [0, 0.05) is 49.7 Å². The summed E-state index contributed by atoms with van der Waals surface area (Å²) in [5.74, 6) is 0.336. The predicted molar refractivity (Wildman–Crippen MR) is 93.1 cm³/mol. The molecule has 0 radical (unpaired) electrons. The fourth-order valence-corrected chi connectivity index (χ4v) is 3.34. The van der Waals surface area contributed by atoms with Crippen molar-refractivity contribution < 1.29 is 5.11 Å². The highest BCUT2D eigenvalue weighted by molar-refractivity contribution is 5.50. The Morgan fingerprint density at radius 1 is 1.13 bits per heavy atom. The monoisotopic (exact) mass is 314 g/mol. The molecular weight excluding hydrogens is 288 g/mol. The van der Waals surface area contributed by atoms with Crippen LogP contribution in [0, 0.1) is 13.8 Å². The highest BCUT2D eigenvalue weighted by atomic mass is 16.3. The molecule has 0 saturated carbocycles. The smallest absolute Gasteiger partial charge is 0.117 e. The Balaban J connectivity index is 1.57. The van der Waals surface area contributed by atoms with Crippen molar-refractivity contribution in [1.29, 1.82) is 0 Å². The van der Waals surface area contributed by atoms with Crippen LogP contribution in [-0.2, 0) is 6.54 Å². The number of phenols is 1. The Labute approximate surface area is 138 Å². The van der Waals surface area contributed by atoms with Crippen LogP contribution in [0.2, 0.25) is 0 Å². The third kappa shape index (κ3) is 3.67. The molecule has 1 aliphatic heterocycles. The number of piperazine rings is 1. The number of hydrogen-bond acceptors (Lipinski definition) is 4. The molecule has 0 aliphatic carbocycles. The minimum atomic E-state index is 0.336. The molecule has 5 nitrogen and oxygen atoms in total. The summed E-state index contributed by atoms with van der Waals surface area (Å²) >= 11 is 0. The number of rotatable bonds is 4. The fraction of sp³-hybridized carbons (Fsp3) is 0.500. The zero-order valence-electron chi connectivity index (χ0n) is 14.2. The zero-order chi connectivity index (χ0) is 16.4. The molecule has 1 fully saturated rings. The highest BCUT2D eigenvalue weighted by Gasteiger charge is 2.22. The summed E-state index contributed by atoms with van der Waals surface area (Å²) in [6, 6.07) is 10.1. The van der Waals surface area contributed by atoms with E-state index in [1.807, 2.05) is 19.1 Å². The van der Waals surface area contributed by atoms with Crippen molar-refractivity contribution in [1.82, 2.24) is 14.7 Å². The number of nitrogens with zero attached hydrogens (tertiary/aromatic N) is 4. The lowest BCUT2D eigenvalue weighted by atomic mass is 10.2. The van der Waals surface area contributed by atoms with Crippen LogP contribution in [0.25, 0.3) is 0 Å². The van der Waals surface area contributed by atoms with Gasteiger partial charge in [0.2, 0.25) is 0 Å². The Morgan fingerprint density at radius 2 is 1.87 bits per heavy atom. The van der Waals surface area contributed by atoms with E-state index >= 15 is 0 Å². The minimum absolute atomic E-state index is 0.336. The third-order valence-electron chi connectivity index (χ3n) is 4.67. The van der Waals surface area contributed by atoms with E-state index in [2.05, 4.69) is 45.6 Å². The van der Waals surface area contributed by atoms with Gasteiger partial charge >= 0.3 is 0 Å². The van der Waals surface area contributed by atoms with Crippen molar-refractivity contribution in [3.8, 4) is 5.75 Å². The van der Waals surface area contributed by atoms with E-state index in [0.717, 1.165) is 44.1 Å². The van der Waals surface area contributed by atoms with Crippen molar-refractivity contribution in [2.45, 2.75) is 33.4 Å². The largest absolute Gasteiger partial charge is 0.508 e. The molecule has 1 aromatic heterocycles. The Hall–Kier alpha value is -2.01. The second-order valence-electron chi connectivity index (χ2n) is 6.50. The van der Waals surface area contributed by atoms with Crippen LogP contribution >= 0.6 is 0 Å². The van der Waals surface area contributed by atoms with E-state index in [0.29, 0.717) is 11.8 Å². The van der Waals surface area contributed by atoms with Gasteiger partial charge in [0.1, 0.15) is 5.75 Å². The van der Waals surface area contributed by atoms with Gasteiger partial charge in [-0.15, -0.1) is 0 Å². The molecule has 0 spiro atoms. The number of hydrogen-bond donors (Lipinski definition) is 1. The predicted octanol–water partition coefficient (Wildman–Crippen LogP) is 2.42. The Morgan fingerprint density at radius 3 is 2.48 bits per heavy atom. The second kappa shape index (κ2) is 6.62. The number of aromatic nitrogens is 2. The lowest BCUT2D eigenvalue weighted by Gasteiger charge is -2.39. The molecule has 5 heteroatoms. The summed E-state index contributed by atoms with van der Waals surface area (Å²) in [5, 5.41) is 14.2. The topological polar surface area (TPSA) is 44.5 Å². The van der Waals surface area contributed by atoms with Crippen molar-refractivity contribution in [2.24, 2.45) is 0 Å². The van der Waals surface area contributed by atoms with Crippen molar-refractivity contribution in [2.75, 3.05) is 31.1 Å². The minimum Gasteiger partial charge on any atom is -0.508 e. The quantitative estimate of drug-likeness (QED) is 0.941. The molecule has 2 aromatic rings. The lowest BCUT2D eigenvalue weighted by Crippen LogP contribution is -2.50. The van der Waals surface area contributed by atoms with Gasteiger partial charge in [-0.3, -0.25) is 9.58 Å². The first-order valence-corrected chi connectivity index (χ1v) is 8.32. The molecule has 2 heterocycles. The van der Waals surface area contributed by atoms with Gasteiger partial charge in [0.05, 0.1) is 12.2 Å². The molecule has 124 valence electrons. The molecule has 0 bridgehead atoms. The Kier molecular flexibility index (Phi) is 4.57. The SMILES string of the molecule is Cc1cc(C)n(CC(C)N2CCN(c3cccc(O)c3)CC2)n1. The zero-order valence-corrected chi connectivity index (χ0v) is 14.2. The van der Waals surface area contributed by atoms with E-state index in [4.69, 9.17) is 0 Å². The normalized spacial score (nSPS) is 17.4. The summed E-state index contributed by atoms with van der Waals surface area (Å²) in [5.41, 5.74) is 3.42. The van der Waals surface area contributed by atoms with Gasteiger partial charge in [-0.05, 0) is 39.0 Å². The fourth-order valence-electron chi connectivity index (χ4n) is 3.34. The number of aromatic hydroxyl groups is 1. The third-order valence-corrected chi connectivity index (χ3v) is 4.67. The molecule has 1 N–H and O–H groups in total. The molecule has 1 saturated heterocycles. The van der Waals surface area contributed by atoms with Crippen molar-refractivity contribution >= 4 is 5.69 Å². The van der Waals surface area contributed by atoms with Crippen LogP contribution in [0.5, 0.6) is 5.75 Å². The molecule has 1 unspecified atom stereocenters. The van der Waals surface area contributed by atoms with Crippen LogP contribution in [0.4, 0.5) is 5.69 Å². The maximum atomic E-state index is 9.63. The maximum Gasteiger partial charge on any atom is 0.117 e. The summed E-state index contributed by atoms with van der Waals surface area (Å²) in [6.07, 6.45) is 0. The molecule has 3 rings (SSSR count). The summed E-state index contributed by atoms with van der Waals surface area (Å²) < 4.78 is 2.11. The standard InChI is InChI=1S/C18H26N4O/c1-14-11-15(2)22(19-14)13-16(3)20-7-9-21(10-8-20)17-5-4-6-18(23)12-17/h4-6,11-12,16,23H,7-10,13H2,1-3H3. The molecule has 0 amide bonds. The first kappa shape index (κ1) is 15.9. The van der Waals surface area contributed by atoms with E-state index in [-0.39, 0.29) is 0 Å². The van der Waals surface area contributed by atoms with E-state index in [1.54, 1.807) is 6.07 Å². The van der Waals surface area contributed by atoms with Gasteiger partial charge in [-0.25, -0.2) is 0 Å². The van der Waals surface area contributed by atoms with E-state index in [1.165, 1.54) is 5.69 Å². The van der Waals surface area contributed by atoms with Crippen molar-refractivity contribution in [3.63, 3.8) is 0 Å². The highest BCUT2D eigenvalue weighted by Crippen LogP contribution is 2.22. The number of aryl methyl sites for hydroxylation is 2. The van der Waals surface area contributed by atoms with Gasteiger partial charge in [-0.2, -0.15) is 5.10 Å². The number of anilines is 1. The van der Waals surface area contributed by atoms with Gasteiger partial charge in [-0.1, -0.05) is 6.07 Å². The first-order valence-electron chi connectivity index (χ1n) is 8.32. The van der Waals surface area contributed by atoms with E-state index in [9.17, 15) is 5.11 Å². The average molecular weight is 314 g/mol. The van der Waals surface area contributed by atoms with Crippen LogP contribution < -0.4 is 4.90 Å². The summed E-state index contributed by atoms with van der Waals surface area (Å²) in [6.45, 7) is 11.4. The Bertz CT molecular complexity index is 659. The van der Waals surface area contributed by atoms with Gasteiger partial charge < -0.3 is 10.0 Å². The second-order valence-corrected chi connectivity index (χ2v) is 6.50. The molecule has 1 aliphatic rings. The molecule has 1 atom stereocenters. The number of benzene rings is 1. The average Bonchev–Trinajstić information content (AvgIpc) is 2.85. The van der Waals surface area contributed by atoms with Crippen molar-refractivity contribution in [3.05, 3.63) is 41.7 Å². The van der Waals surface area contributed by atoms with Gasteiger partial charge in [0.15, 0.2) is 0 Å². The lowest BCUT2D eigenvalue weighted by molar-refractivity contribution is 0.176. The van der Waals surface area contributed by atoms with Crippen LogP contribution in [0.15, 0.2) is 30.3 Å². The molecule has 23 heavy (non-hydrogen) atoms. The summed E-state index contributed by atoms with van der Waals surface area (Å²) in [4.78, 5) is 4.86. The maximum absolute atomic E-state index is 9.63.